The summed E-state index contributed by atoms with van der Waals surface area (Å²) < 4.78 is 5.75. The van der Waals surface area contributed by atoms with Crippen LogP contribution in [0.3, 0.4) is 0 Å². The van der Waals surface area contributed by atoms with E-state index in [1.54, 1.807) is 12.1 Å². The Labute approximate surface area is 115 Å². The van der Waals surface area contributed by atoms with Gasteiger partial charge in [-0.05, 0) is 23.6 Å². The number of ether oxygens (including phenoxy) is 1. The van der Waals surface area contributed by atoms with Crippen molar-refractivity contribution in [1.29, 1.82) is 0 Å². The van der Waals surface area contributed by atoms with Crippen molar-refractivity contribution in [3.63, 3.8) is 0 Å². The van der Waals surface area contributed by atoms with Crippen LogP contribution in [0, 0.1) is 0 Å². The van der Waals surface area contributed by atoms with Gasteiger partial charge >= 0.3 is 0 Å². The predicted octanol–water partition coefficient (Wildman–Crippen LogP) is 4.19. The third-order valence-electron chi connectivity index (χ3n) is 3.02. The molecule has 3 aromatic rings. The second kappa shape index (κ2) is 5.11. The number of benzene rings is 3. The molecule has 0 heterocycles. The Morgan fingerprint density at radius 3 is 2.30 bits per heavy atom. The number of phenolic OH excluding ortho intramolecular Hbond substituents is 1. The van der Waals surface area contributed by atoms with Crippen LogP contribution in [0.15, 0.2) is 60.7 Å². The van der Waals surface area contributed by atoms with Crippen molar-refractivity contribution in [3.8, 4) is 23.0 Å². The van der Waals surface area contributed by atoms with E-state index >= 15 is 0 Å². The summed E-state index contributed by atoms with van der Waals surface area (Å²) in [5, 5.41) is 20.4. The van der Waals surface area contributed by atoms with Gasteiger partial charge in [0.05, 0.1) is 0 Å². The molecule has 0 atom stereocenters. The summed E-state index contributed by atoms with van der Waals surface area (Å²) >= 11 is 0. The molecular formula is C16H12O4. The number of hydrogen-bond acceptors (Lipinski definition) is 4. The average molecular weight is 268 g/mol. The van der Waals surface area contributed by atoms with E-state index in [2.05, 4.69) is 4.89 Å². The summed E-state index contributed by atoms with van der Waals surface area (Å²) in [4.78, 5) is 4.19. The van der Waals surface area contributed by atoms with Crippen LogP contribution in [0.1, 0.15) is 0 Å². The Balaban J connectivity index is 2.08. The zero-order chi connectivity index (χ0) is 13.9. The number of rotatable bonds is 3. The van der Waals surface area contributed by atoms with Gasteiger partial charge in [-0.1, -0.05) is 42.5 Å². The maximum absolute atomic E-state index is 9.62. The Morgan fingerprint density at radius 2 is 1.45 bits per heavy atom. The molecule has 0 saturated heterocycles. The van der Waals surface area contributed by atoms with Crippen molar-refractivity contribution < 1.29 is 20.0 Å². The SMILES string of the molecule is OOc1c(O)cccc1Oc1cccc2ccccc12. The summed E-state index contributed by atoms with van der Waals surface area (Å²) in [6.07, 6.45) is 0. The van der Waals surface area contributed by atoms with E-state index in [4.69, 9.17) is 9.99 Å². The van der Waals surface area contributed by atoms with Gasteiger partial charge in [-0.2, -0.15) is 0 Å². The van der Waals surface area contributed by atoms with Gasteiger partial charge in [-0.3, -0.25) is 0 Å². The Kier molecular flexibility index (Phi) is 3.15. The second-order valence-corrected chi connectivity index (χ2v) is 4.28. The fourth-order valence-electron chi connectivity index (χ4n) is 2.08. The summed E-state index contributed by atoms with van der Waals surface area (Å²) in [6.45, 7) is 0. The average Bonchev–Trinajstić information content (AvgIpc) is 2.48. The highest BCUT2D eigenvalue weighted by Crippen LogP contribution is 2.39. The van der Waals surface area contributed by atoms with Crippen molar-refractivity contribution in [2.75, 3.05) is 0 Å². The first-order chi connectivity index (χ1) is 9.79. The van der Waals surface area contributed by atoms with E-state index in [0.29, 0.717) is 5.75 Å². The molecule has 0 unspecified atom stereocenters. The minimum Gasteiger partial charge on any atom is -0.504 e. The van der Waals surface area contributed by atoms with Gasteiger partial charge in [0.15, 0.2) is 11.5 Å². The minimum atomic E-state index is -0.190. The molecule has 20 heavy (non-hydrogen) atoms. The minimum absolute atomic E-state index is 0.111. The highest BCUT2D eigenvalue weighted by molar-refractivity contribution is 5.88. The van der Waals surface area contributed by atoms with Gasteiger partial charge in [0.1, 0.15) is 5.75 Å². The van der Waals surface area contributed by atoms with Gasteiger partial charge < -0.3 is 14.7 Å². The van der Waals surface area contributed by atoms with E-state index in [1.807, 2.05) is 42.5 Å². The van der Waals surface area contributed by atoms with Crippen molar-refractivity contribution in [3.05, 3.63) is 60.7 Å². The number of fused-ring (bicyclic) bond motifs is 1. The zero-order valence-electron chi connectivity index (χ0n) is 10.5. The number of phenols is 1. The van der Waals surface area contributed by atoms with E-state index in [0.717, 1.165) is 10.8 Å². The maximum Gasteiger partial charge on any atom is 0.248 e. The summed E-state index contributed by atoms with van der Waals surface area (Å²) in [5.41, 5.74) is 0. The fraction of sp³-hybridized carbons (Fsp3) is 0. The van der Waals surface area contributed by atoms with Crippen molar-refractivity contribution in [1.82, 2.24) is 0 Å². The van der Waals surface area contributed by atoms with E-state index in [-0.39, 0.29) is 17.2 Å². The highest BCUT2D eigenvalue weighted by Gasteiger charge is 2.12. The molecular weight excluding hydrogens is 256 g/mol. The van der Waals surface area contributed by atoms with Crippen molar-refractivity contribution in [2.45, 2.75) is 0 Å². The van der Waals surface area contributed by atoms with E-state index in [9.17, 15) is 5.11 Å². The van der Waals surface area contributed by atoms with Crippen LogP contribution in [0.2, 0.25) is 0 Å². The Morgan fingerprint density at radius 1 is 0.750 bits per heavy atom. The molecule has 3 rings (SSSR count). The highest BCUT2D eigenvalue weighted by atomic mass is 17.1. The van der Waals surface area contributed by atoms with Crippen LogP contribution in [0.5, 0.6) is 23.0 Å². The third kappa shape index (κ3) is 2.13. The lowest BCUT2D eigenvalue weighted by Gasteiger charge is -2.11. The Bertz CT molecular complexity index is 747. The fourth-order valence-corrected chi connectivity index (χ4v) is 2.08. The van der Waals surface area contributed by atoms with Crippen LogP contribution in [0.25, 0.3) is 10.8 Å². The number of para-hydroxylation sites is 1. The monoisotopic (exact) mass is 268 g/mol. The normalized spacial score (nSPS) is 10.4. The standard InChI is InChI=1S/C16H12O4/c17-13-8-4-10-15(16(13)20-18)19-14-9-3-6-11-5-1-2-7-12(11)14/h1-10,17-18H. The number of hydrogen-bond donors (Lipinski definition) is 2. The van der Waals surface area contributed by atoms with Crippen LogP contribution < -0.4 is 9.62 Å². The van der Waals surface area contributed by atoms with Gasteiger partial charge in [0, 0.05) is 5.39 Å². The maximum atomic E-state index is 9.62. The molecule has 0 radical (unpaired) electrons. The van der Waals surface area contributed by atoms with Gasteiger partial charge in [-0.15, -0.1) is 0 Å². The zero-order valence-corrected chi connectivity index (χ0v) is 10.5. The quantitative estimate of drug-likeness (QED) is 0.552. The predicted molar refractivity (Wildman–Crippen MR) is 75.4 cm³/mol. The third-order valence-corrected chi connectivity index (χ3v) is 3.02. The summed E-state index contributed by atoms with van der Waals surface area (Å²) in [7, 11) is 0. The smallest absolute Gasteiger partial charge is 0.248 e. The summed E-state index contributed by atoms with van der Waals surface area (Å²) in [6, 6.07) is 18.1. The molecule has 4 heteroatoms. The molecule has 0 amide bonds. The van der Waals surface area contributed by atoms with Crippen molar-refractivity contribution >= 4 is 10.8 Å². The number of aromatic hydroxyl groups is 1. The first-order valence-corrected chi connectivity index (χ1v) is 6.08. The Hall–Kier alpha value is -2.72. The van der Waals surface area contributed by atoms with Crippen LogP contribution in [0.4, 0.5) is 0 Å². The molecule has 0 aliphatic carbocycles. The summed E-state index contributed by atoms with van der Waals surface area (Å²) in [5.74, 6) is 0.557. The molecule has 0 spiro atoms. The molecule has 4 nitrogen and oxygen atoms in total. The first kappa shape index (κ1) is 12.3. The largest absolute Gasteiger partial charge is 0.504 e. The lowest BCUT2D eigenvalue weighted by Crippen LogP contribution is -1.91. The molecule has 0 aromatic heterocycles. The molecule has 0 aliphatic rings. The van der Waals surface area contributed by atoms with Crippen LogP contribution in [-0.4, -0.2) is 10.4 Å². The van der Waals surface area contributed by atoms with Crippen LogP contribution >= 0.6 is 0 Å². The van der Waals surface area contributed by atoms with Gasteiger partial charge in [-0.25, -0.2) is 5.26 Å². The second-order valence-electron chi connectivity index (χ2n) is 4.28. The van der Waals surface area contributed by atoms with Gasteiger partial charge in [0.2, 0.25) is 5.75 Å². The van der Waals surface area contributed by atoms with Crippen molar-refractivity contribution in [2.24, 2.45) is 0 Å². The molecule has 0 bridgehead atoms. The topological polar surface area (TPSA) is 58.9 Å². The molecule has 0 aliphatic heterocycles. The molecule has 0 saturated carbocycles. The molecule has 2 N–H and O–H groups in total. The van der Waals surface area contributed by atoms with E-state index < -0.39 is 0 Å². The molecule has 3 aromatic carbocycles. The molecule has 0 fully saturated rings. The first-order valence-electron chi connectivity index (χ1n) is 6.08. The lowest BCUT2D eigenvalue weighted by atomic mass is 10.1. The van der Waals surface area contributed by atoms with Gasteiger partial charge in [0.25, 0.3) is 0 Å². The van der Waals surface area contributed by atoms with E-state index in [1.165, 1.54) is 6.07 Å². The lowest BCUT2D eigenvalue weighted by molar-refractivity contribution is -0.140. The van der Waals surface area contributed by atoms with Crippen LogP contribution in [-0.2, 0) is 0 Å². The molecule has 100 valence electrons.